The molecule has 11 aromatic rings. The number of nitrogens with zero attached hydrogens (tertiary/aromatic N) is 9. The molecule has 0 aliphatic heterocycles. The Labute approximate surface area is 363 Å². The molecule has 0 atom stereocenters. The molecule has 0 saturated heterocycles. The smallest absolute Gasteiger partial charge is 0.166 e. The van der Waals surface area contributed by atoms with Gasteiger partial charge < -0.3 is 4.57 Å². The number of rotatable bonds is 8. The van der Waals surface area contributed by atoms with E-state index in [1.54, 1.807) is 0 Å². The van der Waals surface area contributed by atoms with E-state index < -0.39 is 0 Å². The van der Waals surface area contributed by atoms with Crippen molar-refractivity contribution in [2.45, 2.75) is 13.8 Å². The molecular formula is C54H37N9. The fourth-order valence-electron chi connectivity index (χ4n) is 8.18. The first-order valence-corrected chi connectivity index (χ1v) is 20.8. The van der Waals surface area contributed by atoms with E-state index in [2.05, 4.69) is 101 Å². The molecule has 7 aromatic carbocycles. The summed E-state index contributed by atoms with van der Waals surface area (Å²) in [5.74, 6) is 4.24. The predicted octanol–water partition coefficient (Wildman–Crippen LogP) is 12.2. The molecular weight excluding hydrogens is 775 g/mol. The van der Waals surface area contributed by atoms with Crippen LogP contribution in [0.5, 0.6) is 0 Å². The topological polar surface area (TPSA) is 108 Å². The molecule has 0 radical (unpaired) electrons. The summed E-state index contributed by atoms with van der Waals surface area (Å²) in [5.41, 5.74) is 10.8. The molecule has 0 amide bonds. The standard InChI is InChI=1S/C54H37N9/c1-34-55-35(2)57-52(56-34)40-27-29-48-43(31-40)42-25-15-16-26-47(42)63(48)49-30-28-41(53-58-45(36-17-7-3-8-18-36)33-46(59-53)37-19-9-4-10-20-37)32-44(49)54-61-50(38-21-11-5-12-22-38)60-51(62-54)39-23-13-6-14-24-39/h3-33H,1-2H3. The highest BCUT2D eigenvalue weighted by Gasteiger charge is 2.22. The van der Waals surface area contributed by atoms with Gasteiger partial charge in [0.05, 0.1) is 28.1 Å². The van der Waals surface area contributed by atoms with Crippen LogP contribution in [0.25, 0.3) is 107 Å². The molecule has 9 heteroatoms. The number of aromatic nitrogens is 9. The highest BCUT2D eigenvalue weighted by atomic mass is 15.1. The summed E-state index contributed by atoms with van der Waals surface area (Å²) in [7, 11) is 0. The Morgan fingerprint density at radius 2 is 0.746 bits per heavy atom. The van der Waals surface area contributed by atoms with E-state index in [9.17, 15) is 0 Å². The third-order valence-corrected chi connectivity index (χ3v) is 11.1. The molecule has 0 unspecified atom stereocenters. The molecule has 0 bridgehead atoms. The van der Waals surface area contributed by atoms with Gasteiger partial charge in [0, 0.05) is 49.7 Å². The van der Waals surface area contributed by atoms with E-state index in [-0.39, 0.29) is 0 Å². The first-order valence-electron chi connectivity index (χ1n) is 20.8. The van der Waals surface area contributed by atoms with Gasteiger partial charge in [0.2, 0.25) is 0 Å². The van der Waals surface area contributed by atoms with Crippen LogP contribution in [0.2, 0.25) is 0 Å². The van der Waals surface area contributed by atoms with E-state index >= 15 is 0 Å². The maximum absolute atomic E-state index is 5.27. The van der Waals surface area contributed by atoms with Crippen molar-refractivity contribution in [3.63, 3.8) is 0 Å². The van der Waals surface area contributed by atoms with Gasteiger partial charge in [-0.05, 0) is 62.4 Å². The van der Waals surface area contributed by atoms with Crippen molar-refractivity contribution in [1.82, 2.24) is 44.4 Å². The number of benzene rings is 7. The zero-order valence-corrected chi connectivity index (χ0v) is 34.4. The van der Waals surface area contributed by atoms with Gasteiger partial charge in [-0.3, -0.25) is 0 Å². The van der Waals surface area contributed by atoms with Crippen molar-refractivity contribution in [2.75, 3.05) is 0 Å². The predicted molar refractivity (Wildman–Crippen MR) is 251 cm³/mol. The number of hydrogen-bond donors (Lipinski definition) is 0. The minimum absolute atomic E-state index is 0.515. The molecule has 0 spiro atoms. The Bertz CT molecular complexity index is 3330. The van der Waals surface area contributed by atoms with Crippen LogP contribution >= 0.6 is 0 Å². The van der Waals surface area contributed by atoms with Crippen molar-refractivity contribution in [3.8, 4) is 85.1 Å². The molecule has 4 heterocycles. The van der Waals surface area contributed by atoms with E-state index in [0.29, 0.717) is 40.8 Å². The molecule has 4 aromatic heterocycles. The third-order valence-electron chi connectivity index (χ3n) is 11.1. The molecule has 0 aliphatic carbocycles. The third kappa shape index (κ3) is 7.17. The van der Waals surface area contributed by atoms with Gasteiger partial charge >= 0.3 is 0 Å². The van der Waals surface area contributed by atoms with Crippen molar-refractivity contribution < 1.29 is 0 Å². The first kappa shape index (κ1) is 37.4. The van der Waals surface area contributed by atoms with Gasteiger partial charge in [-0.1, -0.05) is 140 Å². The number of para-hydroxylation sites is 1. The van der Waals surface area contributed by atoms with E-state index in [1.165, 1.54) is 0 Å². The SMILES string of the molecule is Cc1nc(C)nc(-c2ccc3c(c2)c2ccccc2n3-c2ccc(-c3nc(-c4ccccc4)cc(-c4ccccc4)n3)cc2-c2nc(-c3ccccc3)nc(-c3ccccc3)n2)n1. The number of hydrogen-bond acceptors (Lipinski definition) is 8. The lowest BCUT2D eigenvalue weighted by atomic mass is 10.0. The van der Waals surface area contributed by atoms with Crippen LogP contribution in [0.4, 0.5) is 0 Å². The van der Waals surface area contributed by atoms with E-state index in [4.69, 9.17) is 34.9 Å². The average molecular weight is 812 g/mol. The largest absolute Gasteiger partial charge is 0.309 e. The Morgan fingerprint density at radius 3 is 1.33 bits per heavy atom. The van der Waals surface area contributed by atoms with Crippen LogP contribution in [0.1, 0.15) is 11.6 Å². The fourth-order valence-corrected chi connectivity index (χ4v) is 8.18. The van der Waals surface area contributed by atoms with Gasteiger partial charge in [0.25, 0.3) is 0 Å². The molecule has 63 heavy (non-hydrogen) atoms. The highest BCUT2D eigenvalue weighted by molar-refractivity contribution is 6.11. The second-order valence-corrected chi connectivity index (χ2v) is 15.3. The Balaban J connectivity index is 1.19. The second kappa shape index (κ2) is 15.8. The van der Waals surface area contributed by atoms with Crippen LogP contribution < -0.4 is 0 Å². The molecule has 0 fully saturated rings. The van der Waals surface area contributed by atoms with Gasteiger partial charge in [-0.25, -0.2) is 39.9 Å². The monoisotopic (exact) mass is 811 g/mol. The summed E-state index contributed by atoms with van der Waals surface area (Å²) in [6.45, 7) is 3.79. The van der Waals surface area contributed by atoms with Crippen molar-refractivity contribution in [2.24, 2.45) is 0 Å². The summed E-state index contributed by atoms with van der Waals surface area (Å²) >= 11 is 0. The average Bonchev–Trinajstić information content (AvgIpc) is 3.68. The minimum Gasteiger partial charge on any atom is -0.309 e. The maximum atomic E-state index is 5.27. The van der Waals surface area contributed by atoms with Crippen LogP contribution in [0.15, 0.2) is 188 Å². The summed E-state index contributed by atoms with van der Waals surface area (Å²) in [4.78, 5) is 39.8. The summed E-state index contributed by atoms with van der Waals surface area (Å²) < 4.78 is 2.29. The Morgan fingerprint density at radius 1 is 0.302 bits per heavy atom. The van der Waals surface area contributed by atoms with Crippen LogP contribution in [-0.2, 0) is 0 Å². The molecule has 0 N–H and O–H groups in total. The van der Waals surface area contributed by atoms with Crippen LogP contribution in [-0.4, -0.2) is 44.4 Å². The minimum atomic E-state index is 0.515. The van der Waals surface area contributed by atoms with Crippen molar-refractivity contribution in [3.05, 3.63) is 200 Å². The Kier molecular flexibility index (Phi) is 9.39. The molecule has 298 valence electrons. The van der Waals surface area contributed by atoms with E-state index in [1.807, 2.05) is 111 Å². The zero-order chi connectivity index (χ0) is 42.3. The Hall–Kier alpha value is -8.56. The van der Waals surface area contributed by atoms with Crippen LogP contribution in [0, 0.1) is 13.8 Å². The van der Waals surface area contributed by atoms with Crippen molar-refractivity contribution in [1.29, 1.82) is 0 Å². The van der Waals surface area contributed by atoms with Crippen molar-refractivity contribution >= 4 is 21.8 Å². The summed E-state index contributed by atoms with van der Waals surface area (Å²) in [6.07, 6.45) is 0. The van der Waals surface area contributed by atoms with E-state index in [0.717, 1.165) is 77.8 Å². The lowest BCUT2D eigenvalue weighted by Crippen LogP contribution is -2.04. The van der Waals surface area contributed by atoms with Gasteiger partial charge in [0.15, 0.2) is 29.1 Å². The zero-order valence-electron chi connectivity index (χ0n) is 34.4. The maximum Gasteiger partial charge on any atom is 0.166 e. The second-order valence-electron chi connectivity index (χ2n) is 15.3. The normalized spacial score (nSPS) is 11.3. The lowest BCUT2D eigenvalue weighted by molar-refractivity contribution is 0.929. The number of aryl methyl sites for hydroxylation is 2. The highest BCUT2D eigenvalue weighted by Crippen LogP contribution is 2.39. The molecule has 9 nitrogen and oxygen atoms in total. The van der Waals surface area contributed by atoms with Gasteiger partial charge in [-0.2, -0.15) is 0 Å². The van der Waals surface area contributed by atoms with Gasteiger partial charge in [-0.15, -0.1) is 0 Å². The summed E-state index contributed by atoms with van der Waals surface area (Å²) in [6, 6.07) is 63.8. The fraction of sp³-hybridized carbons (Fsp3) is 0.0370. The first-order chi connectivity index (χ1) is 31.0. The molecule has 0 saturated carbocycles. The number of fused-ring (bicyclic) bond motifs is 3. The summed E-state index contributed by atoms with van der Waals surface area (Å²) in [5, 5.41) is 2.15. The lowest BCUT2D eigenvalue weighted by Gasteiger charge is -2.16. The van der Waals surface area contributed by atoms with Crippen LogP contribution in [0.3, 0.4) is 0 Å². The molecule has 0 aliphatic rings. The van der Waals surface area contributed by atoms with Gasteiger partial charge in [0.1, 0.15) is 11.6 Å². The molecule has 11 rings (SSSR count). The quantitative estimate of drug-likeness (QED) is 0.149.